The van der Waals surface area contributed by atoms with Gasteiger partial charge in [-0.2, -0.15) is 0 Å². The SMILES string of the molecule is COCCCN1CC2(CCC1=O)CCN(C(=O)[C@H]1CC[C@@H](N)C1)CC2. The number of hydrogen-bond donors (Lipinski definition) is 1. The summed E-state index contributed by atoms with van der Waals surface area (Å²) in [6, 6.07) is 0.204. The van der Waals surface area contributed by atoms with Crippen molar-refractivity contribution in [2.24, 2.45) is 17.1 Å². The molecule has 142 valence electrons. The number of hydrogen-bond acceptors (Lipinski definition) is 4. The monoisotopic (exact) mass is 351 g/mol. The van der Waals surface area contributed by atoms with Gasteiger partial charge < -0.3 is 20.3 Å². The van der Waals surface area contributed by atoms with Gasteiger partial charge in [-0.15, -0.1) is 0 Å². The van der Waals surface area contributed by atoms with Crippen LogP contribution in [0.2, 0.25) is 0 Å². The van der Waals surface area contributed by atoms with Crippen LogP contribution in [0.5, 0.6) is 0 Å². The van der Waals surface area contributed by atoms with Crippen LogP contribution in [0.15, 0.2) is 0 Å². The van der Waals surface area contributed by atoms with Crippen LogP contribution in [-0.2, 0) is 14.3 Å². The number of rotatable bonds is 5. The summed E-state index contributed by atoms with van der Waals surface area (Å²) in [6.45, 7) is 4.01. The standard InChI is InChI=1S/C19H33N3O3/c1-25-12-2-9-22-14-19(6-5-17(22)23)7-10-21(11-8-19)18(24)15-3-4-16(20)13-15/h15-16H,2-14,20H2,1H3/t15-,16+/m0/s1. The maximum Gasteiger partial charge on any atom is 0.225 e. The lowest BCUT2D eigenvalue weighted by molar-refractivity contribution is -0.144. The zero-order valence-corrected chi connectivity index (χ0v) is 15.5. The number of ether oxygens (including phenoxy) is 1. The number of methoxy groups -OCH3 is 1. The Morgan fingerprint density at radius 3 is 2.68 bits per heavy atom. The quantitative estimate of drug-likeness (QED) is 0.759. The maximum absolute atomic E-state index is 12.7. The van der Waals surface area contributed by atoms with Crippen LogP contribution in [0.25, 0.3) is 0 Å². The molecule has 0 aromatic rings. The molecule has 0 unspecified atom stereocenters. The highest BCUT2D eigenvalue weighted by molar-refractivity contribution is 5.79. The summed E-state index contributed by atoms with van der Waals surface area (Å²) in [7, 11) is 1.70. The molecule has 6 nitrogen and oxygen atoms in total. The van der Waals surface area contributed by atoms with Gasteiger partial charge in [-0.05, 0) is 50.4 Å². The first-order valence-electron chi connectivity index (χ1n) is 9.84. The molecule has 25 heavy (non-hydrogen) atoms. The molecule has 3 aliphatic rings. The number of nitrogens with zero attached hydrogens (tertiary/aromatic N) is 2. The Hall–Kier alpha value is -1.14. The minimum absolute atomic E-state index is 0.141. The van der Waals surface area contributed by atoms with E-state index in [9.17, 15) is 9.59 Å². The van der Waals surface area contributed by atoms with E-state index in [1.807, 2.05) is 4.90 Å². The fourth-order valence-electron chi connectivity index (χ4n) is 4.81. The molecule has 1 spiro atoms. The third-order valence-corrected chi connectivity index (χ3v) is 6.48. The summed E-state index contributed by atoms with van der Waals surface area (Å²) in [4.78, 5) is 29.0. The molecule has 2 N–H and O–H groups in total. The number of amides is 2. The second kappa shape index (κ2) is 8.04. The lowest BCUT2D eigenvalue weighted by atomic mass is 9.72. The Labute approximate surface area is 151 Å². The summed E-state index contributed by atoms with van der Waals surface area (Å²) in [5.41, 5.74) is 6.18. The van der Waals surface area contributed by atoms with Crippen LogP contribution in [0, 0.1) is 11.3 Å². The number of carbonyl (C=O) groups excluding carboxylic acids is 2. The molecule has 1 saturated carbocycles. The van der Waals surface area contributed by atoms with E-state index >= 15 is 0 Å². The number of nitrogens with two attached hydrogens (primary N) is 1. The van der Waals surface area contributed by atoms with Crippen molar-refractivity contribution in [3.05, 3.63) is 0 Å². The Morgan fingerprint density at radius 2 is 2.04 bits per heavy atom. The second-order valence-electron chi connectivity index (χ2n) is 8.26. The molecule has 6 heteroatoms. The van der Waals surface area contributed by atoms with Crippen LogP contribution >= 0.6 is 0 Å². The molecular formula is C19H33N3O3. The molecule has 0 radical (unpaired) electrons. The molecule has 3 rings (SSSR count). The largest absolute Gasteiger partial charge is 0.385 e. The van der Waals surface area contributed by atoms with Crippen LogP contribution in [-0.4, -0.2) is 67.6 Å². The smallest absolute Gasteiger partial charge is 0.225 e. The first-order chi connectivity index (χ1) is 12.0. The molecule has 1 aliphatic carbocycles. The Kier molecular flexibility index (Phi) is 6.00. The van der Waals surface area contributed by atoms with E-state index in [1.165, 1.54) is 0 Å². The van der Waals surface area contributed by atoms with Crippen molar-refractivity contribution in [3.63, 3.8) is 0 Å². The molecule has 3 fully saturated rings. The van der Waals surface area contributed by atoms with E-state index in [0.717, 1.165) is 71.1 Å². The van der Waals surface area contributed by atoms with Crippen molar-refractivity contribution in [2.45, 2.75) is 57.4 Å². The maximum atomic E-state index is 12.7. The van der Waals surface area contributed by atoms with E-state index in [0.29, 0.717) is 18.9 Å². The minimum atomic E-state index is 0.141. The molecule has 2 amide bonds. The summed E-state index contributed by atoms with van der Waals surface area (Å²) < 4.78 is 5.11. The Bertz CT molecular complexity index is 488. The molecule has 0 bridgehead atoms. The van der Waals surface area contributed by atoms with Crippen molar-refractivity contribution < 1.29 is 14.3 Å². The zero-order valence-electron chi connectivity index (χ0n) is 15.5. The molecule has 2 saturated heterocycles. The van der Waals surface area contributed by atoms with Gasteiger partial charge in [0.15, 0.2) is 0 Å². The van der Waals surface area contributed by atoms with Crippen LogP contribution in [0.3, 0.4) is 0 Å². The van der Waals surface area contributed by atoms with E-state index in [4.69, 9.17) is 10.5 Å². The fraction of sp³-hybridized carbons (Fsp3) is 0.895. The first kappa shape index (κ1) is 18.6. The Balaban J connectivity index is 1.51. The summed E-state index contributed by atoms with van der Waals surface area (Å²) in [6.07, 6.45) is 7.34. The van der Waals surface area contributed by atoms with Crippen molar-refractivity contribution in [1.29, 1.82) is 0 Å². The van der Waals surface area contributed by atoms with Gasteiger partial charge in [0, 0.05) is 58.3 Å². The summed E-state index contributed by atoms with van der Waals surface area (Å²) >= 11 is 0. The van der Waals surface area contributed by atoms with Crippen LogP contribution in [0.4, 0.5) is 0 Å². The molecule has 0 aromatic heterocycles. The van der Waals surface area contributed by atoms with Crippen molar-refractivity contribution in [3.8, 4) is 0 Å². The topological polar surface area (TPSA) is 75.9 Å². The third kappa shape index (κ3) is 4.34. The molecule has 2 heterocycles. The highest BCUT2D eigenvalue weighted by Gasteiger charge is 2.42. The number of likely N-dealkylation sites (tertiary alicyclic amines) is 2. The van der Waals surface area contributed by atoms with Crippen molar-refractivity contribution in [2.75, 3.05) is 39.9 Å². The second-order valence-corrected chi connectivity index (χ2v) is 8.26. The summed E-state index contributed by atoms with van der Waals surface area (Å²) in [5, 5.41) is 0. The predicted octanol–water partition coefficient (Wildman–Crippen LogP) is 1.38. The van der Waals surface area contributed by atoms with Crippen molar-refractivity contribution in [1.82, 2.24) is 9.80 Å². The molecule has 0 aromatic carbocycles. The highest BCUT2D eigenvalue weighted by Crippen LogP contribution is 2.41. The minimum Gasteiger partial charge on any atom is -0.385 e. The average Bonchev–Trinajstić information content (AvgIpc) is 3.05. The number of piperidine rings is 2. The molecular weight excluding hydrogens is 318 g/mol. The van der Waals surface area contributed by atoms with Crippen LogP contribution < -0.4 is 5.73 Å². The van der Waals surface area contributed by atoms with Gasteiger partial charge in [-0.25, -0.2) is 0 Å². The van der Waals surface area contributed by atoms with Gasteiger partial charge in [0.2, 0.25) is 11.8 Å². The van der Waals surface area contributed by atoms with Crippen molar-refractivity contribution >= 4 is 11.8 Å². The van der Waals surface area contributed by atoms with Gasteiger partial charge in [0.1, 0.15) is 0 Å². The van der Waals surface area contributed by atoms with E-state index in [-0.39, 0.29) is 23.3 Å². The molecule has 2 atom stereocenters. The predicted molar refractivity (Wildman–Crippen MR) is 95.9 cm³/mol. The normalized spacial score (nSPS) is 29.4. The summed E-state index contributed by atoms with van der Waals surface area (Å²) in [5.74, 6) is 0.731. The van der Waals surface area contributed by atoms with Gasteiger partial charge in [-0.3, -0.25) is 9.59 Å². The number of carbonyl (C=O) groups is 2. The lowest BCUT2D eigenvalue weighted by Crippen LogP contribution is -2.53. The lowest BCUT2D eigenvalue weighted by Gasteiger charge is -2.47. The van der Waals surface area contributed by atoms with E-state index in [1.54, 1.807) is 7.11 Å². The van der Waals surface area contributed by atoms with Gasteiger partial charge in [-0.1, -0.05) is 0 Å². The van der Waals surface area contributed by atoms with Crippen LogP contribution in [0.1, 0.15) is 51.4 Å². The van der Waals surface area contributed by atoms with Gasteiger partial charge in [0.25, 0.3) is 0 Å². The molecule has 2 aliphatic heterocycles. The van der Waals surface area contributed by atoms with Gasteiger partial charge in [0.05, 0.1) is 0 Å². The van der Waals surface area contributed by atoms with E-state index in [2.05, 4.69) is 4.90 Å². The zero-order chi connectivity index (χ0) is 17.9. The van der Waals surface area contributed by atoms with Gasteiger partial charge >= 0.3 is 0 Å². The highest BCUT2D eigenvalue weighted by atomic mass is 16.5. The fourth-order valence-corrected chi connectivity index (χ4v) is 4.81. The average molecular weight is 351 g/mol. The van der Waals surface area contributed by atoms with E-state index < -0.39 is 0 Å². The first-order valence-corrected chi connectivity index (χ1v) is 9.84. The third-order valence-electron chi connectivity index (χ3n) is 6.48. The Morgan fingerprint density at radius 1 is 1.28 bits per heavy atom.